The Bertz CT molecular complexity index is 725. The molecule has 1 amide bonds. The first-order chi connectivity index (χ1) is 9.90. The van der Waals surface area contributed by atoms with Gasteiger partial charge in [-0.05, 0) is 47.1 Å². The molecule has 0 aliphatic heterocycles. The number of carbonyl (C=O) groups is 1. The highest BCUT2D eigenvalue weighted by Crippen LogP contribution is 2.15. The van der Waals surface area contributed by atoms with Gasteiger partial charge in [-0.1, -0.05) is 0 Å². The van der Waals surface area contributed by atoms with Crippen molar-refractivity contribution in [2.75, 3.05) is 17.7 Å². The number of rotatable bonds is 3. The number of aromatic nitrogens is 2. The van der Waals surface area contributed by atoms with Crippen LogP contribution in [-0.4, -0.2) is 22.5 Å². The smallest absolute Gasteiger partial charge is 0.268 e. The van der Waals surface area contributed by atoms with E-state index >= 15 is 0 Å². The molecule has 0 fully saturated rings. The van der Waals surface area contributed by atoms with Gasteiger partial charge in [0.25, 0.3) is 5.56 Å². The number of nitrogen functional groups attached to an aromatic ring is 1. The number of hydrogen-bond donors (Lipinski definition) is 1. The molecule has 1 heterocycles. The fourth-order valence-electron chi connectivity index (χ4n) is 1.82. The molecule has 7 heteroatoms. The summed E-state index contributed by atoms with van der Waals surface area (Å²) in [4.78, 5) is 29.9. The van der Waals surface area contributed by atoms with Gasteiger partial charge in [0, 0.05) is 24.6 Å². The number of halogens is 1. The van der Waals surface area contributed by atoms with Crippen molar-refractivity contribution < 1.29 is 4.79 Å². The van der Waals surface area contributed by atoms with E-state index < -0.39 is 0 Å². The number of aryl methyl sites for hydroxylation is 1. The lowest BCUT2D eigenvalue weighted by Crippen LogP contribution is -2.35. The molecule has 2 aromatic rings. The van der Waals surface area contributed by atoms with Crippen LogP contribution in [0.3, 0.4) is 0 Å². The van der Waals surface area contributed by atoms with Gasteiger partial charge in [0.2, 0.25) is 5.91 Å². The average molecular weight is 351 g/mol. The third-order valence-corrected chi connectivity index (χ3v) is 3.70. The molecule has 6 nitrogen and oxygen atoms in total. The minimum absolute atomic E-state index is 0.0714. The molecule has 0 aliphatic rings. The zero-order valence-electron chi connectivity index (χ0n) is 11.7. The van der Waals surface area contributed by atoms with Crippen LogP contribution < -0.4 is 16.2 Å². The van der Waals surface area contributed by atoms with E-state index in [0.29, 0.717) is 21.7 Å². The maximum atomic E-state index is 12.3. The summed E-state index contributed by atoms with van der Waals surface area (Å²) in [6, 6.07) is 6.94. The second-order valence-corrected chi connectivity index (χ2v) is 5.44. The van der Waals surface area contributed by atoms with E-state index in [-0.39, 0.29) is 18.0 Å². The Morgan fingerprint density at radius 2 is 2.00 bits per heavy atom. The Hall–Kier alpha value is -2.15. The van der Waals surface area contributed by atoms with Crippen LogP contribution in [0.2, 0.25) is 0 Å². The van der Waals surface area contributed by atoms with Crippen LogP contribution in [0.25, 0.3) is 0 Å². The molecule has 0 spiro atoms. The maximum absolute atomic E-state index is 12.3. The van der Waals surface area contributed by atoms with Gasteiger partial charge in [0.1, 0.15) is 16.8 Å². The van der Waals surface area contributed by atoms with Crippen molar-refractivity contribution in [3.8, 4) is 0 Å². The average Bonchev–Trinajstić information content (AvgIpc) is 2.47. The first kappa shape index (κ1) is 15.2. The summed E-state index contributed by atoms with van der Waals surface area (Å²) in [6.07, 6.45) is 1.43. The SMILES string of the molecule is Cc1ncc(Br)c(=O)n1CC(=O)N(C)c1ccc(N)cc1. The molecule has 0 saturated heterocycles. The summed E-state index contributed by atoms with van der Waals surface area (Å²) in [5.41, 5.74) is 6.68. The van der Waals surface area contributed by atoms with E-state index in [0.717, 1.165) is 0 Å². The number of anilines is 2. The summed E-state index contributed by atoms with van der Waals surface area (Å²) < 4.78 is 1.66. The number of amides is 1. The minimum Gasteiger partial charge on any atom is -0.399 e. The summed E-state index contributed by atoms with van der Waals surface area (Å²) in [5, 5.41) is 0. The fraction of sp³-hybridized carbons (Fsp3) is 0.214. The Balaban J connectivity index is 2.24. The lowest BCUT2D eigenvalue weighted by Gasteiger charge is -2.19. The molecule has 21 heavy (non-hydrogen) atoms. The Kier molecular flexibility index (Phi) is 4.42. The predicted molar refractivity (Wildman–Crippen MR) is 85.2 cm³/mol. The molecule has 2 N–H and O–H groups in total. The predicted octanol–water partition coefficient (Wildman–Crippen LogP) is 1.56. The lowest BCUT2D eigenvalue weighted by molar-refractivity contribution is -0.119. The number of carbonyl (C=O) groups excluding carboxylic acids is 1. The number of nitrogens with zero attached hydrogens (tertiary/aromatic N) is 3. The van der Waals surface area contributed by atoms with Gasteiger partial charge in [-0.25, -0.2) is 4.98 Å². The summed E-state index contributed by atoms with van der Waals surface area (Å²) in [6.45, 7) is 1.61. The standard InChI is InChI=1S/C14H15BrN4O2/c1-9-17-7-12(15)14(21)19(9)8-13(20)18(2)11-5-3-10(16)4-6-11/h3-7H,8,16H2,1-2H3. The van der Waals surface area contributed by atoms with E-state index in [1.54, 1.807) is 38.2 Å². The van der Waals surface area contributed by atoms with Crippen LogP contribution in [-0.2, 0) is 11.3 Å². The molecule has 110 valence electrons. The van der Waals surface area contributed by atoms with Crippen molar-refractivity contribution in [2.45, 2.75) is 13.5 Å². The van der Waals surface area contributed by atoms with Crippen molar-refractivity contribution in [1.82, 2.24) is 9.55 Å². The Morgan fingerprint density at radius 3 is 2.62 bits per heavy atom. The van der Waals surface area contributed by atoms with Gasteiger partial charge in [0.15, 0.2) is 0 Å². The maximum Gasteiger partial charge on any atom is 0.268 e. The van der Waals surface area contributed by atoms with E-state index in [9.17, 15) is 9.59 Å². The van der Waals surface area contributed by atoms with Gasteiger partial charge >= 0.3 is 0 Å². The zero-order chi connectivity index (χ0) is 15.6. The molecule has 0 saturated carbocycles. The summed E-state index contributed by atoms with van der Waals surface area (Å²) in [5.74, 6) is 0.270. The molecular weight excluding hydrogens is 336 g/mol. The molecule has 1 aromatic heterocycles. The molecule has 0 bridgehead atoms. The van der Waals surface area contributed by atoms with Crippen molar-refractivity contribution in [2.24, 2.45) is 0 Å². The Labute approximate surface area is 130 Å². The highest BCUT2D eigenvalue weighted by Gasteiger charge is 2.15. The van der Waals surface area contributed by atoms with E-state index in [1.165, 1.54) is 15.7 Å². The summed E-state index contributed by atoms with van der Waals surface area (Å²) in [7, 11) is 1.65. The third-order valence-electron chi connectivity index (χ3n) is 3.15. The molecular formula is C14H15BrN4O2. The molecule has 0 unspecified atom stereocenters. The van der Waals surface area contributed by atoms with Crippen LogP contribution in [0.1, 0.15) is 5.82 Å². The van der Waals surface area contributed by atoms with Gasteiger partial charge in [-0.15, -0.1) is 0 Å². The number of nitrogens with two attached hydrogens (primary N) is 1. The lowest BCUT2D eigenvalue weighted by atomic mass is 10.2. The second kappa shape index (κ2) is 6.09. The van der Waals surface area contributed by atoms with Crippen molar-refractivity contribution in [1.29, 1.82) is 0 Å². The third kappa shape index (κ3) is 3.30. The highest BCUT2D eigenvalue weighted by molar-refractivity contribution is 9.10. The molecule has 1 aromatic carbocycles. The number of likely N-dealkylation sites (N-methyl/N-ethyl adjacent to an activating group) is 1. The first-order valence-corrected chi connectivity index (χ1v) is 7.03. The zero-order valence-corrected chi connectivity index (χ0v) is 13.3. The largest absolute Gasteiger partial charge is 0.399 e. The first-order valence-electron chi connectivity index (χ1n) is 6.24. The van der Waals surface area contributed by atoms with Crippen LogP contribution in [0, 0.1) is 6.92 Å². The second-order valence-electron chi connectivity index (χ2n) is 4.59. The van der Waals surface area contributed by atoms with Crippen molar-refractivity contribution in [3.05, 3.63) is 51.1 Å². The van der Waals surface area contributed by atoms with Crippen LogP contribution in [0.15, 0.2) is 39.7 Å². The van der Waals surface area contributed by atoms with Gasteiger partial charge in [0.05, 0.1) is 0 Å². The molecule has 0 radical (unpaired) electrons. The van der Waals surface area contributed by atoms with E-state index in [2.05, 4.69) is 20.9 Å². The number of hydrogen-bond acceptors (Lipinski definition) is 4. The Morgan fingerprint density at radius 1 is 1.38 bits per heavy atom. The fourth-order valence-corrected chi connectivity index (χ4v) is 2.14. The summed E-state index contributed by atoms with van der Waals surface area (Å²) >= 11 is 3.13. The van der Waals surface area contributed by atoms with Crippen molar-refractivity contribution >= 4 is 33.2 Å². The van der Waals surface area contributed by atoms with Crippen LogP contribution in [0.4, 0.5) is 11.4 Å². The minimum atomic E-state index is -0.276. The highest BCUT2D eigenvalue weighted by atomic mass is 79.9. The monoisotopic (exact) mass is 350 g/mol. The van der Waals surface area contributed by atoms with Gasteiger partial charge in [-0.3, -0.25) is 14.2 Å². The van der Waals surface area contributed by atoms with Crippen LogP contribution in [0.5, 0.6) is 0 Å². The molecule has 0 aliphatic carbocycles. The normalized spacial score (nSPS) is 10.4. The van der Waals surface area contributed by atoms with Gasteiger partial charge in [-0.2, -0.15) is 0 Å². The number of benzene rings is 1. The topological polar surface area (TPSA) is 81.2 Å². The van der Waals surface area contributed by atoms with E-state index in [4.69, 9.17) is 5.73 Å². The van der Waals surface area contributed by atoms with Gasteiger partial charge < -0.3 is 10.6 Å². The molecule has 2 rings (SSSR count). The van der Waals surface area contributed by atoms with Crippen molar-refractivity contribution in [3.63, 3.8) is 0 Å². The quantitative estimate of drug-likeness (QED) is 0.851. The molecule has 0 atom stereocenters. The van der Waals surface area contributed by atoms with E-state index in [1.807, 2.05) is 0 Å². The van der Waals surface area contributed by atoms with Crippen LogP contribution >= 0.6 is 15.9 Å².